The minimum Gasteiger partial charge on any atom is -0.481 e. The van der Waals surface area contributed by atoms with Crippen molar-refractivity contribution in [3.8, 4) is 0 Å². The summed E-state index contributed by atoms with van der Waals surface area (Å²) < 4.78 is 0. The predicted octanol–water partition coefficient (Wildman–Crippen LogP) is 2.33. The van der Waals surface area contributed by atoms with Gasteiger partial charge in [-0.25, -0.2) is 0 Å². The fraction of sp³-hybridized carbons (Fsp3) is 0.846. The predicted molar refractivity (Wildman–Crippen MR) is 65.7 cm³/mol. The fourth-order valence-electron chi connectivity index (χ4n) is 2.45. The number of aliphatic carboxylic acids is 1. The standard InChI is InChI=1S/C13H23NO3/c1-2-7-11(15)14-10-13(12(16)17)8-5-3-4-6-9-13/h2-10H2,1H3,(H,14,15)(H,16,17). The number of nitrogens with one attached hydrogen (secondary N) is 1. The van der Waals surface area contributed by atoms with Crippen LogP contribution in [0.5, 0.6) is 0 Å². The number of carboxylic acid groups (broad SMARTS) is 1. The zero-order valence-corrected chi connectivity index (χ0v) is 10.6. The highest BCUT2D eigenvalue weighted by molar-refractivity contribution is 5.79. The molecule has 1 saturated carbocycles. The highest BCUT2D eigenvalue weighted by atomic mass is 16.4. The molecule has 1 amide bonds. The van der Waals surface area contributed by atoms with Crippen LogP contribution in [0.3, 0.4) is 0 Å². The van der Waals surface area contributed by atoms with E-state index in [4.69, 9.17) is 0 Å². The lowest BCUT2D eigenvalue weighted by Gasteiger charge is -2.28. The van der Waals surface area contributed by atoms with Crippen LogP contribution < -0.4 is 5.32 Å². The Balaban J connectivity index is 2.58. The Hall–Kier alpha value is -1.06. The number of hydrogen-bond acceptors (Lipinski definition) is 2. The topological polar surface area (TPSA) is 66.4 Å². The molecule has 2 N–H and O–H groups in total. The molecule has 0 bridgehead atoms. The third-order valence-corrected chi connectivity index (χ3v) is 3.62. The van der Waals surface area contributed by atoms with Crippen molar-refractivity contribution >= 4 is 11.9 Å². The largest absolute Gasteiger partial charge is 0.481 e. The Labute approximate surface area is 103 Å². The summed E-state index contributed by atoms with van der Waals surface area (Å²) in [4.78, 5) is 22.9. The minimum absolute atomic E-state index is 0.0302. The molecule has 0 spiro atoms. The van der Waals surface area contributed by atoms with Gasteiger partial charge in [-0.2, -0.15) is 0 Å². The van der Waals surface area contributed by atoms with Gasteiger partial charge in [0.05, 0.1) is 5.41 Å². The number of carbonyl (C=O) groups excluding carboxylic acids is 1. The number of amides is 1. The average molecular weight is 241 g/mol. The van der Waals surface area contributed by atoms with Crippen molar-refractivity contribution in [3.05, 3.63) is 0 Å². The molecular formula is C13H23NO3. The van der Waals surface area contributed by atoms with Crippen molar-refractivity contribution in [1.82, 2.24) is 5.32 Å². The summed E-state index contributed by atoms with van der Waals surface area (Å²) in [6.07, 6.45) is 6.78. The zero-order chi connectivity index (χ0) is 12.7. The van der Waals surface area contributed by atoms with Crippen LogP contribution in [0.2, 0.25) is 0 Å². The summed E-state index contributed by atoms with van der Waals surface area (Å²) in [6, 6.07) is 0. The molecule has 4 nitrogen and oxygen atoms in total. The highest BCUT2D eigenvalue weighted by Gasteiger charge is 2.38. The van der Waals surface area contributed by atoms with E-state index in [9.17, 15) is 14.7 Å². The molecule has 0 heterocycles. The van der Waals surface area contributed by atoms with E-state index in [2.05, 4.69) is 5.32 Å². The van der Waals surface area contributed by atoms with Gasteiger partial charge in [-0.3, -0.25) is 9.59 Å². The number of carboxylic acids is 1. The second kappa shape index (κ2) is 6.62. The molecule has 4 heteroatoms. The molecule has 0 aliphatic heterocycles. The van der Waals surface area contributed by atoms with Crippen molar-refractivity contribution in [1.29, 1.82) is 0 Å². The lowest BCUT2D eigenvalue weighted by molar-refractivity contribution is -0.149. The van der Waals surface area contributed by atoms with Gasteiger partial charge in [0.15, 0.2) is 0 Å². The van der Waals surface area contributed by atoms with Crippen molar-refractivity contribution in [2.24, 2.45) is 5.41 Å². The third kappa shape index (κ3) is 4.02. The van der Waals surface area contributed by atoms with Gasteiger partial charge < -0.3 is 10.4 Å². The lowest BCUT2D eigenvalue weighted by atomic mass is 9.80. The average Bonchev–Trinajstić information content (AvgIpc) is 2.53. The summed E-state index contributed by atoms with van der Waals surface area (Å²) in [6.45, 7) is 2.24. The first-order valence-corrected chi connectivity index (χ1v) is 6.61. The first-order valence-electron chi connectivity index (χ1n) is 6.61. The molecule has 98 valence electrons. The van der Waals surface area contributed by atoms with Gasteiger partial charge in [-0.1, -0.05) is 32.6 Å². The molecule has 0 aromatic rings. The van der Waals surface area contributed by atoms with Crippen LogP contribution in [0.4, 0.5) is 0 Å². The quantitative estimate of drug-likeness (QED) is 0.726. The zero-order valence-electron chi connectivity index (χ0n) is 10.6. The van der Waals surface area contributed by atoms with Gasteiger partial charge in [0, 0.05) is 13.0 Å². The molecular weight excluding hydrogens is 218 g/mol. The first-order chi connectivity index (χ1) is 8.10. The minimum atomic E-state index is -0.754. The second-order valence-corrected chi connectivity index (χ2v) is 5.03. The Kier molecular flexibility index (Phi) is 5.45. The molecule has 0 unspecified atom stereocenters. The Morgan fingerprint density at radius 1 is 1.18 bits per heavy atom. The van der Waals surface area contributed by atoms with E-state index in [0.717, 1.165) is 32.1 Å². The van der Waals surface area contributed by atoms with Crippen LogP contribution in [-0.4, -0.2) is 23.5 Å². The van der Waals surface area contributed by atoms with Crippen LogP contribution in [0.1, 0.15) is 58.3 Å². The van der Waals surface area contributed by atoms with Gasteiger partial charge in [-0.05, 0) is 19.3 Å². The monoisotopic (exact) mass is 241 g/mol. The summed E-state index contributed by atoms with van der Waals surface area (Å²) in [5, 5.41) is 12.2. The Morgan fingerprint density at radius 2 is 1.76 bits per heavy atom. The molecule has 0 aromatic carbocycles. The van der Waals surface area contributed by atoms with Gasteiger partial charge in [0.25, 0.3) is 0 Å². The highest BCUT2D eigenvalue weighted by Crippen LogP contribution is 2.34. The summed E-state index contributed by atoms with van der Waals surface area (Å²) in [5.41, 5.74) is -0.722. The van der Waals surface area contributed by atoms with Crippen LogP contribution >= 0.6 is 0 Å². The lowest BCUT2D eigenvalue weighted by Crippen LogP contribution is -2.42. The van der Waals surface area contributed by atoms with Crippen molar-refractivity contribution in [2.45, 2.75) is 58.3 Å². The van der Waals surface area contributed by atoms with E-state index < -0.39 is 11.4 Å². The molecule has 1 rings (SSSR count). The maximum Gasteiger partial charge on any atom is 0.311 e. The smallest absolute Gasteiger partial charge is 0.311 e. The first kappa shape index (κ1) is 14.0. The summed E-state index contributed by atoms with van der Waals surface area (Å²) >= 11 is 0. The van der Waals surface area contributed by atoms with Crippen LogP contribution in [-0.2, 0) is 9.59 Å². The van der Waals surface area contributed by atoms with Gasteiger partial charge >= 0.3 is 5.97 Å². The molecule has 0 saturated heterocycles. The molecule has 1 aliphatic carbocycles. The Bertz CT molecular complexity index is 268. The number of hydrogen-bond donors (Lipinski definition) is 2. The van der Waals surface area contributed by atoms with Crippen molar-refractivity contribution in [2.75, 3.05) is 6.54 Å². The maximum absolute atomic E-state index is 11.4. The SMILES string of the molecule is CCCC(=O)NCC1(C(=O)O)CCCCCC1. The molecule has 1 fully saturated rings. The van der Waals surface area contributed by atoms with E-state index in [1.807, 2.05) is 6.92 Å². The number of carbonyl (C=O) groups is 2. The van der Waals surface area contributed by atoms with Crippen LogP contribution in [0.15, 0.2) is 0 Å². The van der Waals surface area contributed by atoms with E-state index in [1.165, 1.54) is 0 Å². The molecule has 1 aliphatic rings. The summed E-state index contributed by atoms with van der Waals surface area (Å²) in [5.74, 6) is -0.784. The van der Waals surface area contributed by atoms with E-state index in [-0.39, 0.29) is 5.91 Å². The van der Waals surface area contributed by atoms with Gasteiger partial charge in [0.2, 0.25) is 5.91 Å². The summed E-state index contributed by atoms with van der Waals surface area (Å²) in [7, 11) is 0. The Morgan fingerprint density at radius 3 is 2.24 bits per heavy atom. The molecule has 0 radical (unpaired) electrons. The van der Waals surface area contributed by atoms with E-state index in [0.29, 0.717) is 25.8 Å². The van der Waals surface area contributed by atoms with Crippen LogP contribution in [0.25, 0.3) is 0 Å². The van der Waals surface area contributed by atoms with Gasteiger partial charge in [0.1, 0.15) is 0 Å². The second-order valence-electron chi connectivity index (χ2n) is 5.03. The van der Waals surface area contributed by atoms with Crippen molar-refractivity contribution in [3.63, 3.8) is 0 Å². The van der Waals surface area contributed by atoms with E-state index in [1.54, 1.807) is 0 Å². The molecule has 0 aromatic heterocycles. The van der Waals surface area contributed by atoms with Crippen molar-refractivity contribution < 1.29 is 14.7 Å². The molecule has 17 heavy (non-hydrogen) atoms. The fourth-order valence-corrected chi connectivity index (χ4v) is 2.45. The molecule has 0 atom stereocenters. The van der Waals surface area contributed by atoms with E-state index >= 15 is 0 Å². The van der Waals surface area contributed by atoms with Crippen LogP contribution in [0, 0.1) is 5.41 Å². The maximum atomic E-state index is 11.4. The number of rotatable bonds is 5. The normalized spacial score (nSPS) is 19.4. The van der Waals surface area contributed by atoms with Gasteiger partial charge in [-0.15, -0.1) is 0 Å². The third-order valence-electron chi connectivity index (χ3n) is 3.62.